The molecule has 0 amide bonds. The standard InChI is InChI=1S/C15H18F3N5O3S/c1-26-7-6-21-10-19-22(14(21)27)11-20(9-15(16,17)18)8-12-4-2-3-5-13(12)23(24)25/h2-5,10H,6-9,11H2,1H3. The van der Waals surface area contributed by atoms with Gasteiger partial charge in [-0.2, -0.15) is 18.3 Å². The highest BCUT2D eigenvalue weighted by atomic mass is 32.1. The SMILES string of the molecule is COCCn1cnn(CN(Cc2ccccc2[N+](=O)[O-])CC(F)(F)F)c1=S. The van der Waals surface area contributed by atoms with Crippen molar-refractivity contribution in [1.29, 1.82) is 0 Å². The van der Waals surface area contributed by atoms with Crippen LogP contribution in [0.4, 0.5) is 18.9 Å². The average Bonchev–Trinajstić information content (AvgIpc) is 2.92. The fraction of sp³-hybridized carbons (Fsp3) is 0.467. The fourth-order valence-corrected chi connectivity index (χ4v) is 2.72. The van der Waals surface area contributed by atoms with Gasteiger partial charge in [-0.15, -0.1) is 0 Å². The zero-order valence-corrected chi connectivity index (χ0v) is 15.2. The smallest absolute Gasteiger partial charge is 0.383 e. The van der Waals surface area contributed by atoms with E-state index in [1.54, 1.807) is 10.6 Å². The summed E-state index contributed by atoms with van der Waals surface area (Å²) in [5.41, 5.74) is -0.0593. The van der Waals surface area contributed by atoms with Crippen LogP contribution in [0.5, 0.6) is 0 Å². The first-order valence-corrected chi connectivity index (χ1v) is 8.24. The van der Waals surface area contributed by atoms with Crippen molar-refractivity contribution in [2.24, 2.45) is 0 Å². The number of nitro benzene ring substituents is 1. The average molecular weight is 405 g/mol. The molecule has 0 saturated carbocycles. The Balaban J connectivity index is 2.25. The van der Waals surface area contributed by atoms with Gasteiger partial charge in [0.1, 0.15) is 6.33 Å². The fourth-order valence-electron chi connectivity index (χ4n) is 2.47. The molecule has 0 saturated heterocycles. The zero-order valence-electron chi connectivity index (χ0n) is 14.4. The van der Waals surface area contributed by atoms with E-state index in [1.807, 2.05) is 0 Å². The highest BCUT2D eigenvalue weighted by Gasteiger charge is 2.32. The lowest BCUT2D eigenvalue weighted by atomic mass is 10.1. The minimum atomic E-state index is -4.48. The van der Waals surface area contributed by atoms with E-state index >= 15 is 0 Å². The molecule has 0 unspecified atom stereocenters. The van der Waals surface area contributed by atoms with E-state index < -0.39 is 17.6 Å². The molecule has 0 aliphatic heterocycles. The first-order chi connectivity index (χ1) is 12.7. The number of alkyl halides is 3. The van der Waals surface area contributed by atoms with Crippen LogP contribution in [0.3, 0.4) is 0 Å². The van der Waals surface area contributed by atoms with Gasteiger partial charge < -0.3 is 9.30 Å². The largest absolute Gasteiger partial charge is 0.401 e. The number of methoxy groups -OCH3 is 1. The predicted molar refractivity (Wildman–Crippen MR) is 92.5 cm³/mol. The van der Waals surface area contributed by atoms with Gasteiger partial charge in [0.05, 0.1) is 24.7 Å². The Labute approximate surface area is 157 Å². The van der Waals surface area contributed by atoms with Gasteiger partial charge in [-0.05, 0) is 12.2 Å². The molecule has 27 heavy (non-hydrogen) atoms. The van der Waals surface area contributed by atoms with E-state index in [0.29, 0.717) is 13.2 Å². The molecule has 2 rings (SSSR count). The van der Waals surface area contributed by atoms with Crippen LogP contribution in [0.15, 0.2) is 30.6 Å². The molecule has 2 aromatic rings. The van der Waals surface area contributed by atoms with Gasteiger partial charge in [-0.1, -0.05) is 18.2 Å². The lowest BCUT2D eigenvalue weighted by Crippen LogP contribution is -2.35. The highest BCUT2D eigenvalue weighted by Crippen LogP contribution is 2.23. The summed E-state index contributed by atoms with van der Waals surface area (Å²) in [4.78, 5) is 11.5. The number of aromatic nitrogens is 3. The van der Waals surface area contributed by atoms with Gasteiger partial charge in [-0.3, -0.25) is 15.0 Å². The van der Waals surface area contributed by atoms with E-state index in [4.69, 9.17) is 17.0 Å². The van der Waals surface area contributed by atoms with Gasteiger partial charge in [0, 0.05) is 31.8 Å². The Hall–Kier alpha value is -2.31. The molecule has 1 heterocycles. The number of rotatable bonds is 9. The molecule has 12 heteroatoms. The Kier molecular flexibility index (Phi) is 7.05. The lowest BCUT2D eigenvalue weighted by molar-refractivity contribution is -0.385. The van der Waals surface area contributed by atoms with Crippen LogP contribution in [0.25, 0.3) is 0 Å². The van der Waals surface area contributed by atoms with Crippen LogP contribution in [0.2, 0.25) is 0 Å². The molecule has 0 bridgehead atoms. The number of hydrogen-bond donors (Lipinski definition) is 0. The van der Waals surface area contributed by atoms with Crippen molar-refractivity contribution in [3.63, 3.8) is 0 Å². The van der Waals surface area contributed by atoms with Crippen LogP contribution in [0, 0.1) is 14.9 Å². The van der Waals surface area contributed by atoms with Crippen molar-refractivity contribution in [2.45, 2.75) is 25.9 Å². The summed E-state index contributed by atoms with van der Waals surface area (Å²) in [7, 11) is 1.52. The van der Waals surface area contributed by atoms with Crippen molar-refractivity contribution in [2.75, 3.05) is 20.3 Å². The lowest BCUT2D eigenvalue weighted by Gasteiger charge is -2.23. The quantitative estimate of drug-likeness (QED) is 0.363. The van der Waals surface area contributed by atoms with Crippen LogP contribution >= 0.6 is 12.2 Å². The number of nitro groups is 1. The molecule has 0 radical (unpaired) electrons. The van der Waals surface area contributed by atoms with E-state index in [-0.39, 0.29) is 29.2 Å². The van der Waals surface area contributed by atoms with Crippen LogP contribution in [-0.2, 0) is 24.5 Å². The highest BCUT2D eigenvalue weighted by molar-refractivity contribution is 7.71. The first-order valence-electron chi connectivity index (χ1n) is 7.84. The van der Waals surface area contributed by atoms with Crippen molar-refractivity contribution in [3.05, 3.63) is 51.0 Å². The van der Waals surface area contributed by atoms with Crippen molar-refractivity contribution in [1.82, 2.24) is 19.2 Å². The molecule has 0 aliphatic rings. The minimum Gasteiger partial charge on any atom is -0.383 e. The summed E-state index contributed by atoms with van der Waals surface area (Å²) in [5, 5.41) is 15.1. The van der Waals surface area contributed by atoms with E-state index in [0.717, 1.165) is 4.90 Å². The monoisotopic (exact) mass is 405 g/mol. The molecule has 1 aromatic heterocycles. The second-order valence-corrected chi connectivity index (χ2v) is 6.09. The van der Waals surface area contributed by atoms with Crippen LogP contribution < -0.4 is 0 Å². The summed E-state index contributed by atoms with van der Waals surface area (Å²) in [6, 6.07) is 5.69. The van der Waals surface area contributed by atoms with Crippen molar-refractivity contribution >= 4 is 17.9 Å². The molecular weight excluding hydrogens is 387 g/mol. The van der Waals surface area contributed by atoms with Gasteiger partial charge in [0.2, 0.25) is 0 Å². The number of halogens is 3. The van der Waals surface area contributed by atoms with Crippen molar-refractivity contribution in [3.8, 4) is 0 Å². The maximum absolute atomic E-state index is 13.0. The third kappa shape index (κ3) is 6.12. The molecular formula is C15H18F3N5O3S. The zero-order chi connectivity index (χ0) is 20.0. The Morgan fingerprint density at radius 3 is 2.70 bits per heavy atom. The molecule has 148 valence electrons. The van der Waals surface area contributed by atoms with Crippen LogP contribution in [0.1, 0.15) is 5.56 Å². The van der Waals surface area contributed by atoms with Gasteiger partial charge >= 0.3 is 6.18 Å². The summed E-state index contributed by atoms with van der Waals surface area (Å²) in [6.45, 7) is -0.999. The van der Waals surface area contributed by atoms with Gasteiger partial charge in [-0.25, -0.2) is 4.68 Å². The third-order valence-corrected chi connectivity index (χ3v) is 4.10. The van der Waals surface area contributed by atoms with E-state index in [1.165, 1.54) is 36.3 Å². The molecule has 8 nitrogen and oxygen atoms in total. The summed E-state index contributed by atoms with van der Waals surface area (Å²) in [6.07, 6.45) is -3.07. The summed E-state index contributed by atoms with van der Waals surface area (Å²) < 4.78 is 47.0. The second kappa shape index (κ2) is 9.06. The summed E-state index contributed by atoms with van der Waals surface area (Å²) in [5.74, 6) is 0. The second-order valence-electron chi connectivity index (χ2n) is 5.73. The topological polar surface area (TPSA) is 78.4 Å². The molecule has 1 aromatic carbocycles. The van der Waals surface area contributed by atoms with Gasteiger partial charge in [0.25, 0.3) is 5.69 Å². The number of para-hydroxylation sites is 1. The van der Waals surface area contributed by atoms with Gasteiger partial charge in [0.15, 0.2) is 4.77 Å². The first kappa shape index (κ1) is 21.0. The maximum atomic E-state index is 13.0. The molecule has 0 N–H and O–H groups in total. The maximum Gasteiger partial charge on any atom is 0.401 e. The number of ether oxygens (including phenoxy) is 1. The third-order valence-electron chi connectivity index (χ3n) is 3.65. The number of nitrogens with zero attached hydrogens (tertiary/aromatic N) is 5. The normalized spacial score (nSPS) is 11.9. The predicted octanol–water partition coefficient (Wildman–Crippen LogP) is 2.99. The van der Waals surface area contributed by atoms with E-state index in [2.05, 4.69) is 5.10 Å². The molecule has 0 spiro atoms. The minimum absolute atomic E-state index is 0.178. The number of hydrogen-bond acceptors (Lipinski definition) is 6. The number of benzene rings is 1. The molecule has 0 aliphatic carbocycles. The Morgan fingerprint density at radius 1 is 1.37 bits per heavy atom. The molecule has 0 atom stereocenters. The van der Waals surface area contributed by atoms with E-state index in [9.17, 15) is 23.3 Å². The van der Waals surface area contributed by atoms with Crippen molar-refractivity contribution < 1.29 is 22.8 Å². The molecule has 0 fully saturated rings. The Morgan fingerprint density at radius 2 is 2.07 bits per heavy atom. The summed E-state index contributed by atoms with van der Waals surface area (Å²) >= 11 is 5.22. The Bertz CT molecular complexity index is 837. The van der Waals surface area contributed by atoms with Crippen LogP contribution in [-0.4, -0.2) is 50.6 Å².